The molecule has 0 atom stereocenters. The van der Waals surface area contributed by atoms with Crippen molar-refractivity contribution in [3.05, 3.63) is 45.9 Å². The van der Waals surface area contributed by atoms with Crippen LogP contribution in [0.25, 0.3) is 0 Å². The van der Waals surface area contributed by atoms with E-state index in [-0.39, 0.29) is 23.1 Å². The smallest absolute Gasteiger partial charge is 0.228 e. The molecular formula is C14H12NO4S-. The Hall–Kier alpha value is -2.21. The first-order valence-electron chi connectivity index (χ1n) is 6.02. The highest BCUT2D eigenvalue weighted by Gasteiger charge is 2.12. The number of aromatic carboxylic acids is 1. The minimum Gasteiger partial charge on any atom is -0.543 e. The Morgan fingerprint density at radius 1 is 1.30 bits per heavy atom. The molecular weight excluding hydrogens is 278 g/mol. The van der Waals surface area contributed by atoms with E-state index in [1.807, 2.05) is 12.1 Å². The third-order valence-corrected chi connectivity index (χ3v) is 3.54. The van der Waals surface area contributed by atoms with Gasteiger partial charge in [-0.05, 0) is 24.1 Å². The van der Waals surface area contributed by atoms with Gasteiger partial charge in [0.2, 0.25) is 5.78 Å². The van der Waals surface area contributed by atoms with E-state index in [0.717, 1.165) is 17.8 Å². The molecule has 0 spiro atoms. The zero-order valence-corrected chi connectivity index (χ0v) is 11.6. The number of carbonyl (C=O) groups is 2. The lowest BCUT2D eigenvalue weighted by Gasteiger charge is -2.05. The summed E-state index contributed by atoms with van der Waals surface area (Å²) in [5.41, 5.74) is 0.952. The van der Waals surface area contributed by atoms with Crippen LogP contribution in [0.4, 0.5) is 0 Å². The number of nitrogens with zero attached hydrogens (tertiary/aromatic N) is 1. The molecule has 2 aromatic rings. The lowest BCUT2D eigenvalue weighted by molar-refractivity contribution is -0.255. The van der Waals surface area contributed by atoms with Gasteiger partial charge in [0.1, 0.15) is 5.75 Å². The highest BCUT2D eigenvalue weighted by atomic mass is 32.1. The Balaban J connectivity index is 1.95. The van der Waals surface area contributed by atoms with Crippen LogP contribution in [0.1, 0.15) is 32.8 Å². The number of hydrogen-bond donors (Lipinski definition) is 0. The van der Waals surface area contributed by atoms with Gasteiger partial charge in [0.05, 0.1) is 11.7 Å². The van der Waals surface area contributed by atoms with E-state index in [9.17, 15) is 14.7 Å². The summed E-state index contributed by atoms with van der Waals surface area (Å²) in [6, 6.07) is 7.44. The molecule has 2 rings (SSSR count). The Morgan fingerprint density at radius 3 is 2.55 bits per heavy atom. The molecule has 104 valence electrons. The van der Waals surface area contributed by atoms with E-state index in [1.54, 1.807) is 12.1 Å². The summed E-state index contributed by atoms with van der Waals surface area (Å²) in [5, 5.41) is 11.9. The number of thiazole rings is 1. The van der Waals surface area contributed by atoms with E-state index in [4.69, 9.17) is 4.74 Å². The maximum absolute atomic E-state index is 11.8. The zero-order chi connectivity index (χ0) is 14.5. The lowest BCUT2D eigenvalue weighted by Crippen LogP contribution is -2.23. The summed E-state index contributed by atoms with van der Waals surface area (Å²) in [7, 11) is 0. The predicted molar refractivity (Wildman–Crippen MR) is 72.1 cm³/mol. The Labute approximate surface area is 119 Å². The molecule has 0 radical (unpaired) electrons. The number of ether oxygens (including phenoxy) is 1. The molecule has 0 aliphatic carbocycles. The Bertz CT molecular complexity index is 618. The van der Waals surface area contributed by atoms with Crippen molar-refractivity contribution in [2.75, 3.05) is 6.61 Å². The molecule has 0 unspecified atom stereocenters. The predicted octanol–water partition coefficient (Wildman–Crippen LogP) is 1.33. The molecule has 0 amide bonds. The van der Waals surface area contributed by atoms with Crippen LogP contribution in [0.5, 0.6) is 5.75 Å². The third-order valence-electron chi connectivity index (χ3n) is 2.65. The van der Waals surface area contributed by atoms with Crippen molar-refractivity contribution in [1.82, 2.24) is 4.98 Å². The number of carboxylic acid groups (broad SMARTS) is 1. The standard InChI is InChI=1S/C14H13NO4S/c1-2-9-3-5-10(6-4-9)19-7-12(16)13-15-11(8-20-13)14(17)18/h3-6,8H,2,7H2,1H3,(H,17,18)/p-1. The lowest BCUT2D eigenvalue weighted by atomic mass is 10.2. The van der Waals surface area contributed by atoms with E-state index >= 15 is 0 Å². The monoisotopic (exact) mass is 290 g/mol. The van der Waals surface area contributed by atoms with Crippen LogP contribution < -0.4 is 9.84 Å². The molecule has 5 nitrogen and oxygen atoms in total. The van der Waals surface area contributed by atoms with Crippen LogP contribution in [-0.4, -0.2) is 23.3 Å². The average Bonchev–Trinajstić information content (AvgIpc) is 2.95. The summed E-state index contributed by atoms with van der Waals surface area (Å²) in [6.07, 6.45) is 0.935. The fourth-order valence-electron chi connectivity index (χ4n) is 1.53. The first-order valence-corrected chi connectivity index (χ1v) is 6.90. The maximum Gasteiger partial charge on any atom is 0.228 e. The molecule has 0 saturated heterocycles. The minimum absolute atomic E-state index is 0.106. The van der Waals surface area contributed by atoms with Gasteiger partial charge in [0.25, 0.3) is 0 Å². The van der Waals surface area contributed by atoms with E-state index in [1.165, 1.54) is 10.9 Å². The van der Waals surface area contributed by atoms with Gasteiger partial charge < -0.3 is 14.6 Å². The molecule has 0 aliphatic rings. The second-order valence-electron chi connectivity index (χ2n) is 4.03. The summed E-state index contributed by atoms with van der Waals surface area (Å²) in [4.78, 5) is 26.0. The van der Waals surface area contributed by atoms with E-state index in [2.05, 4.69) is 11.9 Å². The van der Waals surface area contributed by atoms with Crippen LogP contribution in [0.15, 0.2) is 29.6 Å². The van der Waals surface area contributed by atoms with Crippen LogP contribution in [0.3, 0.4) is 0 Å². The molecule has 1 aromatic carbocycles. The van der Waals surface area contributed by atoms with Gasteiger partial charge in [0.15, 0.2) is 11.6 Å². The van der Waals surface area contributed by atoms with Crippen molar-refractivity contribution >= 4 is 23.1 Å². The van der Waals surface area contributed by atoms with Crippen LogP contribution >= 0.6 is 11.3 Å². The molecule has 0 fully saturated rings. The largest absolute Gasteiger partial charge is 0.543 e. The first-order chi connectivity index (χ1) is 9.60. The summed E-state index contributed by atoms with van der Waals surface area (Å²) < 4.78 is 5.35. The Morgan fingerprint density at radius 2 is 2.00 bits per heavy atom. The van der Waals surface area contributed by atoms with Gasteiger partial charge in [-0.3, -0.25) is 4.79 Å². The zero-order valence-electron chi connectivity index (χ0n) is 10.8. The number of ketones is 1. The normalized spacial score (nSPS) is 10.2. The van der Waals surface area contributed by atoms with Crippen molar-refractivity contribution in [2.45, 2.75) is 13.3 Å². The fourth-order valence-corrected chi connectivity index (χ4v) is 2.24. The van der Waals surface area contributed by atoms with Gasteiger partial charge in [-0.1, -0.05) is 19.1 Å². The minimum atomic E-state index is -1.39. The van der Waals surface area contributed by atoms with Crippen LogP contribution in [-0.2, 0) is 6.42 Å². The molecule has 1 aromatic heterocycles. The van der Waals surface area contributed by atoms with Crippen molar-refractivity contribution < 1.29 is 19.4 Å². The third kappa shape index (κ3) is 3.42. The van der Waals surface area contributed by atoms with Gasteiger partial charge in [0, 0.05) is 5.38 Å². The van der Waals surface area contributed by atoms with Crippen molar-refractivity contribution in [3.63, 3.8) is 0 Å². The van der Waals surface area contributed by atoms with Gasteiger partial charge in [-0.25, -0.2) is 4.98 Å². The fraction of sp³-hybridized carbons (Fsp3) is 0.214. The summed E-state index contributed by atoms with van der Waals surface area (Å²) in [6.45, 7) is 1.88. The molecule has 0 bridgehead atoms. The highest BCUT2D eigenvalue weighted by molar-refractivity contribution is 7.11. The maximum atomic E-state index is 11.8. The second-order valence-corrected chi connectivity index (χ2v) is 4.89. The molecule has 20 heavy (non-hydrogen) atoms. The number of carboxylic acids is 1. The Kier molecular flexibility index (Phi) is 4.47. The quantitative estimate of drug-likeness (QED) is 0.750. The molecule has 1 heterocycles. The van der Waals surface area contributed by atoms with Gasteiger partial charge in [-0.2, -0.15) is 0 Å². The topological polar surface area (TPSA) is 79.3 Å². The van der Waals surface area contributed by atoms with Gasteiger partial charge in [-0.15, -0.1) is 11.3 Å². The summed E-state index contributed by atoms with van der Waals surface area (Å²) in [5.74, 6) is -1.16. The molecule has 0 saturated carbocycles. The van der Waals surface area contributed by atoms with Crippen molar-refractivity contribution in [3.8, 4) is 5.75 Å². The van der Waals surface area contributed by atoms with E-state index < -0.39 is 5.97 Å². The van der Waals surface area contributed by atoms with Crippen molar-refractivity contribution in [2.24, 2.45) is 0 Å². The first kappa shape index (κ1) is 14.2. The summed E-state index contributed by atoms with van der Waals surface area (Å²) >= 11 is 0.966. The van der Waals surface area contributed by atoms with Gasteiger partial charge >= 0.3 is 0 Å². The average molecular weight is 290 g/mol. The number of rotatable bonds is 6. The van der Waals surface area contributed by atoms with E-state index in [0.29, 0.717) is 5.75 Å². The number of aromatic nitrogens is 1. The number of carbonyl (C=O) groups excluding carboxylic acids is 2. The molecule has 0 aliphatic heterocycles. The number of aryl methyl sites for hydroxylation is 1. The second kappa shape index (κ2) is 6.29. The molecule has 0 N–H and O–H groups in total. The number of hydrogen-bond acceptors (Lipinski definition) is 6. The van der Waals surface area contributed by atoms with Crippen LogP contribution in [0.2, 0.25) is 0 Å². The number of Topliss-reactive ketones (excluding diaryl/α,β-unsaturated/α-hetero) is 1. The highest BCUT2D eigenvalue weighted by Crippen LogP contribution is 2.14. The number of benzene rings is 1. The molecule has 6 heteroatoms. The SMILES string of the molecule is CCc1ccc(OCC(=O)c2nc(C(=O)[O-])cs2)cc1. The van der Waals surface area contributed by atoms with Crippen molar-refractivity contribution in [1.29, 1.82) is 0 Å². The van der Waals surface area contributed by atoms with Crippen LogP contribution in [0, 0.1) is 0 Å².